The Bertz CT molecular complexity index is 606. The van der Waals surface area contributed by atoms with Gasteiger partial charge in [0.2, 0.25) is 0 Å². The Labute approximate surface area is 136 Å². The zero-order chi connectivity index (χ0) is 15.0. The number of sulfonamides is 1. The van der Waals surface area contributed by atoms with E-state index in [1.54, 1.807) is 12.1 Å². The summed E-state index contributed by atoms with van der Waals surface area (Å²) in [6.07, 6.45) is 1.18. The molecule has 2 heterocycles. The van der Waals surface area contributed by atoms with Crippen LogP contribution >= 0.6 is 39.5 Å². The van der Waals surface area contributed by atoms with E-state index < -0.39 is 15.6 Å². The van der Waals surface area contributed by atoms with Gasteiger partial charge < -0.3 is 10.6 Å². The van der Waals surface area contributed by atoms with Gasteiger partial charge in [0.05, 0.1) is 14.3 Å². The first kappa shape index (κ1) is 16.3. The molecule has 0 spiro atoms. The summed E-state index contributed by atoms with van der Waals surface area (Å²) in [5.74, 6) is 0. The number of thiocarbonyl (C=S) groups is 1. The maximum Gasteiger partial charge on any atom is 0.250 e. The second-order valence-electron chi connectivity index (χ2n) is 4.91. The zero-order valence-corrected chi connectivity index (χ0v) is 15.0. The summed E-state index contributed by atoms with van der Waals surface area (Å²) in [5, 5.41) is 0. The Morgan fingerprint density at radius 1 is 1.50 bits per heavy atom. The SMILES string of the molecule is CN1CCC(NS(=O)(=O)c2ccc(Br)s2)(C(N)=S)CC1. The van der Waals surface area contributed by atoms with Crippen molar-refractivity contribution in [2.24, 2.45) is 5.73 Å². The molecule has 1 saturated heterocycles. The average molecular weight is 398 g/mol. The van der Waals surface area contributed by atoms with Crippen molar-refractivity contribution in [1.29, 1.82) is 0 Å². The van der Waals surface area contributed by atoms with E-state index in [2.05, 4.69) is 25.6 Å². The number of thiophene rings is 1. The van der Waals surface area contributed by atoms with Crippen LogP contribution in [-0.4, -0.2) is 44.0 Å². The van der Waals surface area contributed by atoms with Crippen molar-refractivity contribution in [3.05, 3.63) is 15.9 Å². The molecule has 1 aromatic heterocycles. The highest BCUT2D eigenvalue weighted by Gasteiger charge is 2.40. The van der Waals surface area contributed by atoms with Crippen molar-refractivity contribution >= 4 is 54.5 Å². The summed E-state index contributed by atoms with van der Waals surface area (Å²) in [7, 11) is -1.61. The number of piperidine rings is 1. The third-order valence-corrected chi connectivity index (χ3v) is 7.50. The number of likely N-dealkylation sites (tertiary alicyclic amines) is 1. The Balaban J connectivity index is 2.27. The summed E-state index contributed by atoms with van der Waals surface area (Å²) in [6.45, 7) is 1.52. The zero-order valence-electron chi connectivity index (χ0n) is 10.9. The van der Waals surface area contributed by atoms with Crippen LogP contribution in [0.3, 0.4) is 0 Å². The lowest BCUT2D eigenvalue weighted by Gasteiger charge is -2.39. The molecule has 2 rings (SSSR count). The van der Waals surface area contributed by atoms with E-state index in [1.165, 1.54) is 11.3 Å². The van der Waals surface area contributed by atoms with E-state index in [-0.39, 0.29) is 9.20 Å². The second kappa shape index (κ2) is 5.98. The maximum absolute atomic E-state index is 12.5. The van der Waals surface area contributed by atoms with Gasteiger partial charge in [0, 0.05) is 13.1 Å². The summed E-state index contributed by atoms with van der Waals surface area (Å²) in [4.78, 5) is 2.34. The minimum absolute atomic E-state index is 0.213. The molecule has 0 aromatic carbocycles. The molecule has 0 saturated carbocycles. The standard InChI is InChI=1S/C11H16BrN3O2S3/c1-15-6-4-11(5-7-15,10(13)18)14-20(16,17)9-3-2-8(12)19-9/h2-3,14H,4-7H2,1H3,(H2,13,18). The second-order valence-corrected chi connectivity index (χ2v) is 9.73. The number of nitrogens with one attached hydrogen (secondary N) is 1. The normalized spacial score (nSPS) is 19.9. The molecule has 0 amide bonds. The first-order chi connectivity index (χ1) is 9.25. The molecule has 112 valence electrons. The molecule has 5 nitrogen and oxygen atoms in total. The largest absolute Gasteiger partial charge is 0.392 e. The quantitative estimate of drug-likeness (QED) is 0.753. The number of hydrogen-bond acceptors (Lipinski definition) is 5. The van der Waals surface area contributed by atoms with Crippen molar-refractivity contribution in [3.63, 3.8) is 0 Å². The van der Waals surface area contributed by atoms with Gasteiger partial charge in [-0.15, -0.1) is 11.3 Å². The summed E-state index contributed by atoms with van der Waals surface area (Å²) >= 11 is 9.55. The molecule has 0 unspecified atom stereocenters. The van der Waals surface area contributed by atoms with Crippen LogP contribution in [0.5, 0.6) is 0 Å². The van der Waals surface area contributed by atoms with Crippen LogP contribution in [0.15, 0.2) is 20.1 Å². The van der Waals surface area contributed by atoms with Gasteiger partial charge in [0.15, 0.2) is 0 Å². The highest BCUT2D eigenvalue weighted by molar-refractivity contribution is 9.11. The molecule has 1 fully saturated rings. The number of hydrogen-bond donors (Lipinski definition) is 2. The minimum atomic E-state index is -3.61. The van der Waals surface area contributed by atoms with Gasteiger partial charge in [0.25, 0.3) is 10.0 Å². The Hall–Kier alpha value is -0.0600. The third kappa shape index (κ3) is 3.40. The summed E-state index contributed by atoms with van der Waals surface area (Å²) in [5.41, 5.74) is 5.00. The van der Waals surface area contributed by atoms with E-state index in [1.807, 2.05) is 7.05 Å². The fourth-order valence-electron chi connectivity index (χ4n) is 2.15. The van der Waals surface area contributed by atoms with E-state index in [0.717, 1.165) is 16.9 Å². The van der Waals surface area contributed by atoms with Crippen molar-refractivity contribution in [3.8, 4) is 0 Å². The fourth-order valence-corrected chi connectivity index (χ4v) is 5.92. The van der Waals surface area contributed by atoms with Crippen LogP contribution in [0, 0.1) is 0 Å². The van der Waals surface area contributed by atoms with Gasteiger partial charge in [-0.05, 0) is 48.0 Å². The number of nitrogens with two attached hydrogens (primary N) is 1. The molecular formula is C11H16BrN3O2S3. The molecule has 9 heteroatoms. The van der Waals surface area contributed by atoms with E-state index in [0.29, 0.717) is 12.8 Å². The van der Waals surface area contributed by atoms with Crippen LogP contribution < -0.4 is 10.5 Å². The van der Waals surface area contributed by atoms with E-state index in [9.17, 15) is 8.42 Å². The molecule has 0 atom stereocenters. The van der Waals surface area contributed by atoms with Crippen molar-refractivity contribution in [2.45, 2.75) is 22.6 Å². The first-order valence-electron chi connectivity index (χ1n) is 6.03. The van der Waals surface area contributed by atoms with E-state index >= 15 is 0 Å². The van der Waals surface area contributed by atoms with Gasteiger partial charge in [-0.3, -0.25) is 0 Å². The summed E-state index contributed by atoms with van der Waals surface area (Å²) in [6, 6.07) is 3.28. The van der Waals surface area contributed by atoms with Crippen molar-refractivity contribution in [2.75, 3.05) is 20.1 Å². The van der Waals surface area contributed by atoms with Crippen LogP contribution in [0.4, 0.5) is 0 Å². The smallest absolute Gasteiger partial charge is 0.250 e. The molecule has 0 bridgehead atoms. The minimum Gasteiger partial charge on any atom is -0.392 e. The Morgan fingerprint density at radius 2 is 2.10 bits per heavy atom. The highest BCUT2D eigenvalue weighted by Crippen LogP contribution is 2.29. The van der Waals surface area contributed by atoms with Gasteiger partial charge in [-0.1, -0.05) is 12.2 Å². The lowest BCUT2D eigenvalue weighted by Crippen LogP contribution is -2.61. The van der Waals surface area contributed by atoms with Crippen LogP contribution in [0.1, 0.15) is 12.8 Å². The molecule has 1 aromatic rings. The fraction of sp³-hybridized carbons (Fsp3) is 0.545. The maximum atomic E-state index is 12.5. The third-order valence-electron chi connectivity index (χ3n) is 3.46. The lowest BCUT2D eigenvalue weighted by molar-refractivity contribution is 0.221. The van der Waals surface area contributed by atoms with Gasteiger partial charge in [-0.25, -0.2) is 8.42 Å². The Kier molecular flexibility index (Phi) is 4.87. The molecule has 1 aliphatic rings. The first-order valence-corrected chi connectivity index (χ1v) is 9.53. The van der Waals surface area contributed by atoms with E-state index in [4.69, 9.17) is 18.0 Å². The monoisotopic (exact) mass is 397 g/mol. The molecule has 0 aliphatic carbocycles. The van der Waals surface area contributed by atoms with Crippen LogP contribution in [0.2, 0.25) is 0 Å². The number of nitrogens with zero attached hydrogens (tertiary/aromatic N) is 1. The molecule has 0 radical (unpaired) electrons. The number of rotatable bonds is 4. The predicted molar refractivity (Wildman–Crippen MR) is 88.6 cm³/mol. The van der Waals surface area contributed by atoms with Crippen LogP contribution in [-0.2, 0) is 10.0 Å². The van der Waals surface area contributed by atoms with Crippen molar-refractivity contribution < 1.29 is 8.42 Å². The van der Waals surface area contributed by atoms with Crippen LogP contribution in [0.25, 0.3) is 0 Å². The molecule has 3 N–H and O–H groups in total. The molecular weight excluding hydrogens is 382 g/mol. The highest BCUT2D eigenvalue weighted by atomic mass is 79.9. The Morgan fingerprint density at radius 3 is 2.55 bits per heavy atom. The van der Waals surface area contributed by atoms with Gasteiger partial charge >= 0.3 is 0 Å². The van der Waals surface area contributed by atoms with Crippen molar-refractivity contribution in [1.82, 2.24) is 9.62 Å². The predicted octanol–water partition coefficient (Wildman–Crippen LogP) is 1.54. The summed E-state index contributed by atoms with van der Waals surface area (Å²) < 4.78 is 28.7. The van der Waals surface area contributed by atoms with Gasteiger partial charge in [-0.2, -0.15) is 4.72 Å². The molecule has 1 aliphatic heterocycles. The topological polar surface area (TPSA) is 75.4 Å². The lowest BCUT2D eigenvalue weighted by atomic mass is 9.89. The van der Waals surface area contributed by atoms with Gasteiger partial charge in [0.1, 0.15) is 4.21 Å². The molecule has 20 heavy (non-hydrogen) atoms. The average Bonchev–Trinajstić information content (AvgIpc) is 2.79. The number of halogens is 1.